The summed E-state index contributed by atoms with van der Waals surface area (Å²) in [5.41, 5.74) is 3.17. The van der Waals surface area contributed by atoms with Gasteiger partial charge in [0.05, 0.1) is 7.11 Å². The second-order valence-corrected chi connectivity index (χ2v) is 7.21. The van der Waals surface area contributed by atoms with Crippen LogP contribution in [0.4, 0.5) is 0 Å². The van der Waals surface area contributed by atoms with Crippen LogP contribution in [0.25, 0.3) is 0 Å². The maximum atomic E-state index is 5.37. The lowest BCUT2D eigenvalue weighted by atomic mass is 9.71. The van der Waals surface area contributed by atoms with Gasteiger partial charge in [0.25, 0.3) is 0 Å². The molecule has 0 bridgehead atoms. The summed E-state index contributed by atoms with van der Waals surface area (Å²) in [6, 6.07) is 6.75. The number of ether oxygens (including phenoxy) is 1. The van der Waals surface area contributed by atoms with Gasteiger partial charge in [0.15, 0.2) is 0 Å². The van der Waals surface area contributed by atoms with E-state index in [1.807, 2.05) is 0 Å². The van der Waals surface area contributed by atoms with Crippen molar-refractivity contribution in [3.63, 3.8) is 0 Å². The number of fused-ring (bicyclic) bond motifs is 3. The molecule has 0 saturated carbocycles. The molecule has 1 aliphatic carbocycles. The summed E-state index contributed by atoms with van der Waals surface area (Å²) < 4.78 is 5.37. The maximum Gasteiger partial charge on any atom is 0.119 e. The van der Waals surface area contributed by atoms with Gasteiger partial charge in [-0.25, -0.2) is 0 Å². The van der Waals surface area contributed by atoms with Crippen LogP contribution in [0.15, 0.2) is 18.2 Å². The zero-order valence-electron chi connectivity index (χ0n) is 12.0. The second kappa shape index (κ2) is 5.78. The molecule has 0 unspecified atom stereocenters. The predicted molar refractivity (Wildman–Crippen MR) is 83.3 cm³/mol. The van der Waals surface area contributed by atoms with Crippen molar-refractivity contribution in [2.75, 3.05) is 12.9 Å². The van der Waals surface area contributed by atoms with E-state index in [0.717, 1.165) is 22.8 Å². The van der Waals surface area contributed by atoms with Gasteiger partial charge in [-0.05, 0) is 66.5 Å². The van der Waals surface area contributed by atoms with Gasteiger partial charge < -0.3 is 4.74 Å². The molecular weight excluding hydrogens is 252 g/mol. The molecule has 1 aromatic rings. The standard InChI is InChI=1S/C17H24OS/c1-3-4-17-16-7-5-12-11-13(18-2)6-8-14(12)15(16)9-10-19-17/h6,8,11,15-17H,3-5,7,9-10H2,1-2H3/t15-,16+,17+/m0/s1. The lowest BCUT2D eigenvalue weighted by Crippen LogP contribution is -2.33. The smallest absolute Gasteiger partial charge is 0.119 e. The first kappa shape index (κ1) is 13.4. The van der Waals surface area contributed by atoms with Gasteiger partial charge in [-0.15, -0.1) is 0 Å². The van der Waals surface area contributed by atoms with Crippen molar-refractivity contribution in [3.05, 3.63) is 29.3 Å². The Morgan fingerprint density at radius 1 is 1.32 bits per heavy atom. The summed E-state index contributed by atoms with van der Waals surface area (Å²) in [6.45, 7) is 2.33. The molecule has 3 rings (SSSR count). The van der Waals surface area contributed by atoms with Gasteiger partial charge in [0.1, 0.15) is 5.75 Å². The van der Waals surface area contributed by atoms with E-state index in [4.69, 9.17) is 4.74 Å². The number of hydrogen-bond donors (Lipinski definition) is 0. The number of aryl methyl sites for hydroxylation is 1. The van der Waals surface area contributed by atoms with E-state index in [1.54, 1.807) is 18.2 Å². The molecule has 2 heteroatoms. The Labute approximate surface area is 121 Å². The highest BCUT2D eigenvalue weighted by Gasteiger charge is 2.37. The molecule has 1 saturated heterocycles. The van der Waals surface area contributed by atoms with Crippen LogP contribution in [0, 0.1) is 5.92 Å². The van der Waals surface area contributed by atoms with Crippen LogP contribution in [-0.4, -0.2) is 18.1 Å². The Balaban J connectivity index is 1.88. The van der Waals surface area contributed by atoms with E-state index in [2.05, 4.69) is 36.9 Å². The van der Waals surface area contributed by atoms with Gasteiger partial charge in [0, 0.05) is 5.25 Å². The molecule has 2 aliphatic rings. The van der Waals surface area contributed by atoms with Crippen LogP contribution in [0.2, 0.25) is 0 Å². The van der Waals surface area contributed by atoms with Gasteiger partial charge in [-0.1, -0.05) is 19.4 Å². The first-order chi connectivity index (χ1) is 9.33. The van der Waals surface area contributed by atoms with E-state index in [1.165, 1.54) is 37.9 Å². The summed E-state index contributed by atoms with van der Waals surface area (Å²) in [4.78, 5) is 0. The predicted octanol–water partition coefficient (Wildman–Crippen LogP) is 4.65. The minimum atomic E-state index is 0.812. The largest absolute Gasteiger partial charge is 0.497 e. The van der Waals surface area contributed by atoms with Crippen molar-refractivity contribution in [2.24, 2.45) is 5.92 Å². The first-order valence-corrected chi connectivity index (χ1v) is 8.66. The number of thioether (sulfide) groups is 1. The van der Waals surface area contributed by atoms with Crippen LogP contribution in [0.1, 0.15) is 49.7 Å². The lowest BCUT2D eigenvalue weighted by molar-refractivity contribution is 0.332. The summed E-state index contributed by atoms with van der Waals surface area (Å²) >= 11 is 2.23. The molecule has 1 fully saturated rings. The highest BCUT2D eigenvalue weighted by Crippen LogP contribution is 2.49. The minimum absolute atomic E-state index is 0.812. The zero-order valence-corrected chi connectivity index (χ0v) is 12.8. The average Bonchev–Trinajstić information content (AvgIpc) is 2.47. The monoisotopic (exact) mass is 276 g/mol. The lowest BCUT2D eigenvalue weighted by Gasteiger charge is -2.42. The molecule has 1 heterocycles. The van der Waals surface area contributed by atoms with Gasteiger partial charge in [-0.3, -0.25) is 0 Å². The third-order valence-corrected chi connectivity index (χ3v) is 6.31. The van der Waals surface area contributed by atoms with Crippen LogP contribution < -0.4 is 4.74 Å². The topological polar surface area (TPSA) is 9.23 Å². The van der Waals surface area contributed by atoms with Gasteiger partial charge in [0.2, 0.25) is 0 Å². The number of rotatable bonds is 3. The van der Waals surface area contributed by atoms with Crippen LogP contribution in [0.3, 0.4) is 0 Å². The van der Waals surface area contributed by atoms with E-state index in [9.17, 15) is 0 Å². The van der Waals surface area contributed by atoms with E-state index in [-0.39, 0.29) is 0 Å². The fourth-order valence-corrected chi connectivity index (χ4v) is 5.58. The van der Waals surface area contributed by atoms with Crippen molar-refractivity contribution >= 4 is 11.8 Å². The number of benzene rings is 1. The highest BCUT2D eigenvalue weighted by molar-refractivity contribution is 7.99. The Hall–Kier alpha value is -0.630. The Bertz CT molecular complexity index is 441. The summed E-state index contributed by atoms with van der Waals surface area (Å²) in [5, 5.41) is 0.902. The molecule has 0 radical (unpaired) electrons. The van der Waals surface area contributed by atoms with Crippen molar-refractivity contribution < 1.29 is 4.74 Å². The summed E-state index contributed by atoms with van der Waals surface area (Å²) in [7, 11) is 1.77. The average molecular weight is 276 g/mol. The SMILES string of the molecule is CCC[C@H]1SCC[C@H]2c3ccc(OC)cc3CC[C@@H]12. The third kappa shape index (κ3) is 2.52. The number of hydrogen-bond acceptors (Lipinski definition) is 2. The summed E-state index contributed by atoms with van der Waals surface area (Å²) in [6.07, 6.45) is 6.72. The Morgan fingerprint density at radius 3 is 3.00 bits per heavy atom. The molecule has 19 heavy (non-hydrogen) atoms. The third-order valence-electron chi connectivity index (χ3n) is 4.82. The van der Waals surface area contributed by atoms with Gasteiger partial charge >= 0.3 is 0 Å². The molecule has 0 spiro atoms. The van der Waals surface area contributed by atoms with Crippen molar-refractivity contribution in [3.8, 4) is 5.75 Å². The molecule has 0 N–H and O–H groups in total. The second-order valence-electron chi connectivity index (χ2n) is 5.86. The van der Waals surface area contributed by atoms with E-state index in [0.29, 0.717) is 0 Å². The molecule has 0 amide bonds. The number of methoxy groups -OCH3 is 1. The fourth-order valence-electron chi connectivity index (χ4n) is 3.91. The Morgan fingerprint density at radius 2 is 2.21 bits per heavy atom. The van der Waals surface area contributed by atoms with Crippen LogP contribution in [-0.2, 0) is 6.42 Å². The quantitative estimate of drug-likeness (QED) is 0.795. The van der Waals surface area contributed by atoms with Gasteiger partial charge in [-0.2, -0.15) is 11.8 Å². The van der Waals surface area contributed by atoms with Crippen molar-refractivity contribution in [1.82, 2.24) is 0 Å². The van der Waals surface area contributed by atoms with Crippen LogP contribution in [0.5, 0.6) is 5.75 Å². The van der Waals surface area contributed by atoms with Crippen molar-refractivity contribution in [2.45, 2.75) is 50.2 Å². The molecular formula is C17H24OS. The summed E-state index contributed by atoms with van der Waals surface area (Å²) in [5.74, 6) is 4.09. The highest BCUT2D eigenvalue weighted by atomic mass is 32.2. The molecule has 0 aromatic heterocycles. The molecule has 1 aromatic carbocycles. The van der Waals surface area contributed by atoms with Crippen molar-refractivity contribution in [1.29, 1.82) is 0 Å². The Kier molecular flexibility index (Phi) is 4.07. The van der Waals surface area contributed by atoms with E-state index >= 15 is 0 Å². The molecule has 104 valence electrons. The fraction of sp³-hybridized carbons (Fsp3) is 0.647. The van der Waals surface area contributed by atoms with E-state index < -0.39 is 0 Å². The maximum absolute atomic E-state index is 5.37. The zero-order chi connectivity index (χ0) is 13.2. The first-order valence-electron chi connectivity index (χ1n) is 7.62. The molecule has 1 aliphatic heterocycles. The normalized spacial score (nSPS) is 29.5. The van der Waals surface area contributed by atoms with Crippen LogP contribution >= 0.6 is 11.8 Å². The molecule has 1 nitrogen and oxygen atoms in total. The minimum Gasteiger partial charge on any atom is -0.497 e. The molecule has 3 atom stereocenters.